The predicted molar refractivity (Wildman–Crippen MR) is 58.0 cm³/mol. The fraction of sp³-hybridized carbons (Fsp3) is 1.00. The minimum Gasteiger partial charge on any atom is -0.370 e. The van der Waals surface area contributed by atoms with Gasteiger partial charge in [0, 0.05) is 0 Å². The third kappa shape index (κ3) is 6.11. The molecule has 0 aliphatic carbocycles. The molecule has 0 aliphatic heterocycles. The Balaban J connectivity index is 4.06. The smallest absolute Gasteiger partial charge is 0.368 e. The first kappa shape index (κ1) is 16.3. The van der Waals surface area contributed by atoms with Gasteiger partial charge in [0.15, 0.2) is 0 Å². The van der Waals surface area contributed by atoms with Crippen LogP contribution in [0.25, 0.3) is 0 Å². The maximum absolute atomic E-state index is 11.2. The zero-order valence-corrected chi connectivity index (χ0v) is 10.8. The normalized spacial score (nSPS) is 18.1. The number of rotatable bonds is 8. The number of unbranched alkanes of at least 4 members (excludes halogenated alkanes) is 3. The lowest BCUT2D eigenvalue weighted by Gasteiger charge is -2.18. The van der Waals surface area contributed by atoms with Crippen LogP contribution in [0.2, 0.25) is 0 Å². The topological polar surface area (TPSA) is 124 Å². The molecular formula is C7H18O7P2. The molecule has 2 atom stereocenters. The third-order valence-corrected chi connectivity index (χ3v) is 5.38. The first-order chi connectivity index (χ1) is 7.22. The quantitative estimate of drug-likeness (QED) is 0.388. The molecule has 4 N–H and O–H groups in total. The molecule has 0 fully saturated rings. The van der Waals surface area contributed by atoms with Gasteiger partial charge >= 0.3 is 15.2 Å². The molecule has 0 aliphatic rings. The zero-order chi connectivity index (χ0) is 12.8. The van der Waals surface area contributed by atoms with Gasteiger partial charge < -0.3 is 24.3 Å². The molecule has 0 aromatic carbocycles. The molecule has 0 saturated carbocycles. The van der Waals surface area contributed by atoms with E-state index in [1.807, 2.05) is 6.92 Å². The second-order valence-corrected chi connectivity index (χ2v) is 7.34. The molecule has 2 unspecified atom stereocenters. The van der Waals surface area contributed by atoms with Gasteiger partial charge in [-0.15, -0.1) is 0 Å². The van der Waals surface area contributed by atoms with Gasteiger partial charge in [0.1, 0.15) is 0 Å². The van der Waals surface area contributed by atoms with Gasteiger partial charge in [-0.25, -0.2) is 0 Å². The summed E-state index contributed by atoms with van der Waals surface area (Å²) in [6.45, 7) is 1.89. The van der Waals surface area contributed by atoms with E-state index in [-0.39, 0.29) is 6.61 Å². The lowest BCUT2D eigenvalue weighted by atomic mass is 10.2. The van der Waals surface area contributed by atoms with Crippen LogP contribution in [0.15, 0.2) is 0 Å². The standard InChI is InChI=1S/C7H18O7P2/c1-2-3-4-5-6-14-16(12,13)7(8)15(9,10)11/h7-8H,2-6H2,1H3,(H,12,13)(H2,9,10,11). The van der Waals surface area contributed by atoms with Gasteiger partial charge in [-0.3, -0.25) is 9.13 Å². The summed E-state index contributed by atoms with van der Waals surface area (Å²) in [6, 6.07) is 0. The monoisotopic (exact) mass is 276 g/mol. The Hall–Kier alpha value is 0.260. The van der Waals surface area contributed by atoms with E-state index < -0.39 is 20.8 Å². The Morgan fingerprint density at radius 3 is 2.12 bits per heavy atom. The van der Waals surface area contributed by atoms with Crippen LogP contribution < -0.4 is 0 Å². The average molecular weight is 276 g/mol. The van der Waals surface area contributed by atoms with E-state index in [4.69, 9.17) is 19.8 Å². The Labute approximate surface area is 94.1 Å². The maximum atomic E-state index is 11.2. The lowest BCUT2D eigenvalue weighted by Crippen LogP contribution is -2.10. The van der Waals surface area contributed by atoms with Crippen LogP contribution >= 0.6 is 15.2 Å². The second-order valence-electron chi connectivity index (χ2n) is 3.39. The number of aliphatic hydroxyl groups is 1. The van der Waals surface area contributed by atoms with E-state index in [2.05, 4.69) is 4.52 Å². The van der Waals surface area contributed by atoms with Gasteiger partial charge in [-0.1, -0.05) is 26.2 Å². The highest BCUT2D eigenvalue weighted by Crippen LogP contribution is 2.61. The van der Waals surface area contributed by atoms with E-state index in [1.54, 1.807) is 0 Å². The van der Waals surface area contributed by atoms with Crippen molar-refractivity contribution in [1.82, 2.24) is 0 Å². The van der Waals surface area contributed by atoms with Crippen LogP contribution in [0, 0.1) is 0 Å². The van der Waals surface area contributed by atoms with Crippen molar-refractivity contribution in [3.8, 4) is 0 Å². The van der Waals surface area contributed by atoms with Crippen molar-refractivity contribution in [2.45, 2.75) is 38.2 Å². The van der Waals surface area contributed by atoms with E-state index in [0.717, 1.165) is 19.3 Å². The van der Waals surface area contributed by atoms with Crippen molar-refractivity contribution < 1.29 is 33.4 Å². The highest BCUT2D eigenvalue weighted by molar-refractivity contribution is 7.70. The van der Waals surface area contributed by atoms with Crippen molar-refractivity contribution in [3.05, 3.63) is 0 Å². The van der Waals surface area contributed by atoms with Crippen LogP contribution in [-0.2, 0) is 13.7 Å². The molecule has 0 aromatic heterocycles. The zero-order valence-electron chi connectivity index (χ0n) is 9.02. The molecule has 9 heteroatoms. The Morgan fingerprint density at radius 1 is 1.12 bits per heavy atom. The average Bonchev–Trinajstić information content (AvgIpc) is 2.15. The van der Waals surface area contributed by atoms with Gasteiger partial charge in [-0.05, 0) is 6.42 Å². The summed E-state index contributed by atoms with van der Waals surface area (Å²) in [4.78, 5) is 26.1. The highest BCUT2D eigenvalue weighted by atomic mass is 31.2. The summed E-state index contributed by atoms with van der Waals surface area (Å²) in [5, 5.41) is 8.91. The number of hydrogen-bond acceptors (Lipinski definition) is 4. The van der Waals surface area contributed by atoms with E-state index in [0.29, 0.717) is 6.42 Å². The number of aliphatic hydroxyl groups excluding tert-OH is 1. The summed E-state index contributed by atoms with van der Waals surface area (Å²) in [7, 11) is -9.68. The second kappa shape index (κ2) is 6.87. The number of hydrogen-bond donors (Lipinski definition) is 4. The minimum absolute atomic E-state index is 0.106. The molecular weight excluding hydrogens is 258 g/mol. The highest BCUT2D eigenvalue weighted by Gasteiger charge is 2.44. The molecule has 16 heavy (non-hydrogen) atoms. The van der Waals surface area contributed by atoms with Crippen molar-refractivity contribution in [3.63, 3.8) is 0 Å². The molecule has 0 amide bonds. The summed E-state index contributed by atoms with van der Waals surface area (Å²) in [6.07, 6.45) is 3.23. The molecule has 0 heterocycles. The van der Waals surface area contributed by atoms with Crippen LogP contribution in [0.1, 0.15) is 32.6 Å². The van der Waals surface area contributed by atoms with E-state index in [9.17, 15) is 9.13 Å². The van der Waals surface area contributed by atoms with E-state index in [1.165, 1.54) is 0 Å². The Kier molecular flexibility index (Phi) is 6.98. The molecule has 7 nitrogen and oxygen atoms in total. The SMILES string of the molecule is CCCCCCOP(=O)(O)C(O)P(=O)(O)O. The van der Waals surface area contributed by atoms with Gasteiger partial charge in [0.25, 0.3) is 5.59 Å². The first-order valence-electron chi connectivity index (χ1n) is 4.92. The van der Waals surface area contributed by atoms with E-state index >= 15 is 0 Å². The van der Waals surface area contributed by atoms with Crippen molar-refractivity contribution in [1.29, 1.82) is 0 Å². The lowest BCUT2D eigenvalue weighted by molar-refractivity contribution is 0.186. The summed E-state index contributed by atoms with van der Waals surface area (Å²) in [5.74, 6) is 0. The van der Waals surface area contributed by atoms with Gasteiger partial charge in [0.05, 0.1) is 6.61 Å². The van der Waals surface area contributed by atoms with Crippen molar-refractivity contribution in [2.75, 3.05) is 6.61 Å². The molecule has 0 bridgehead atoms. The first-order valence-corrected chi connectivity index (χ1v) is 8.25. The largest absolute Gasteiger partial charge is 0.370 e. The predicted octanol–water partition coefficient (Wildman–Crippen LogP) is 1.22. The molecule has 0 rings (SSSR count). The van der Waals surface area contributed by atoms with Crippen LogP contribution in [0.5, 0.6) is 0 Å². The Bertz CT molecular complexity index is 286. The van der Waals surface area contributed by atoms with Gasteiger partial charge in [-0.2, -0.15) is 0 Å². The molecule has 0 spiro atoms. The maximum Gasteiger partial charge on any atom is 0.368 e. The van der Waals surface area contributed by atoms with Crippen molar-refractivity contribution >= 4 is 15.2 Å². The van der Waals surface area contributed by atoms with Crippen LogP contribution in [0.4, 0.5) is 0 Å². The molecule has 0 radical (unpaired) electrons. The van der Waals surface area contributed by atoms with Crippen LogP contribution in [-0.4, -0.2) is 32.0 Å². The van der Waals surface area contributed by atoms with Crippen LogP contribution in [0.3, 0.4) is 0 Å². The third-order valence-electron chi connectivity index (χ3n) is 1.87. The van der Waals surface area contributed by atoms with Gasteiger partial charge in [0.2, 0.25) is 0 Å². The fourth-order valence-corrected chi connectivity index (χ4v) is 3.23. The summed E-state index contributed by atoms with van der Waals surface area (Å²) >= 11 is 0. The minimum atomic E-state index is -5.02. The van der Waals surface area contributed by atoms with Crippen molar-refractivity contribution in [2.24, 2.45) is 0 Å². The molecule has 98 valence electrons. The Morgan fingerprint density at radius 2 is 1.69 bits per heavy atom. The fourth-order valence-electron chi connectivity index (χ4n) is 0.981. The summed E-state index contributed by atoms with van der Waals surface area (Å²) in [5.41, 5.74) is -2.66. The summed E-state index contributed by atoms with van der Waals surface area (Å²) < 4.78 is 26.2. The molecule has 0 aromatic rings. The molecule has 0 saturated heterocycles.